The molecule has 1 aromatic carbocycles. The van der Waals surface area contributed by atoms with E-state index in [0.717, 1.165) is 17.7 Å². The van der Waals surface area contributed by atoms with Gasteiger partial charge >= 0.3 is 0 Å². The van der Waals surface area contributed by atoms with Crippen LogP contribution in [0.2, 0.25) is 0 Å². The van der Waals surface area contributed by atoms with Gasteiger partial charge in [-0.3, -0.25) is 0 Å². The second kappa shape index (κ2) is 3.81. The normalized spacial score (nSPS) is 28.1. The summed E-state index contributed by atoms with van der Waals surface area (Å²) in [5.41, 5.74) is 2.14. The van der Waals surface area contributed by atoms with E-state index in [1.807, 2.05) is 12.1 Å². The van der Waals surface area contributed by atoms with Crippen LogP contribution in [0, 0.1) is 5.92 Å². The highest BCUT2D eigenvalue weighted by Gasteiger charge is 2.36. The Morgan fingerprint density at radius 2 is 1.88 bits per heavy atom. The van der Waals surface area contributed by atoms with Crippen molar-refractivity contribution in [1.82, 2.24) is 0 Å². The van der Waals surface area contributed by atoms with Gasteiger partial charge < -0.3 is 9.94 Å². The molecule has 3 nitrogen and oxygen atoms in total. The molecule has 1 aromatic rings. The van der Waals surface area contributed by atoms with E-state index in [2.05, 4.69) is 5.16 Å². The number of nitrogens with zero attached hydrogens (tertiary/aromatic N) is 1. The van der Waals surface area contributed by atoms with E-state index in [1.54, 1.807) is 12.1 Å². The first-order valence-electron chi connectivity index (χ1n) is 5.88. The predicted octanol–water partition coefficient (Wildman–Crippen LogP) is 2.69. The highest BCUT2D eigenvalue weighted by atomic mass is 16.6. The minimum atomic E-state index is 0.289. The number of aromatic hydroxyl groups is 1. The maximum absolute atomic E-state index is 9.26. The van der Waals surface area contributed by atoms with Crippen LogP contribution in [0.5, 0.6) is 5.75 Å². The maximum Gasteiger partial charge on any atom is 0.136 e. The zero-order chi connectivity index (χ0) is 11.0. The van der Waals surface area contributed by atoms with Crippen molar-refractivity contribution in [2.24, 2.45) is 11.1 Å². The molecule has 2 aliphatic rings. The molecule has 2 unspecified atom stereocenters. The Morgan fingerprint density at radius 1 is 1.12 bits per heavy atom. The fourth-order valence-corrected chi connectivity index (χ4v) is 2.63. The Morgan fingerprint density at radius 3 is 2.69 bits per heavy atom. The highest BCUT2D eigenvalue weighted by Crippen LogP contribution is 2.34. The molecule has 1 saturated carbocycles. The molecule has 0 bridgehead atoms. The standard InChI is InChI=1S/C13H15NO2/c15-10-7-5-9(6-8-10)13-11-3-1-2-4-12(11)16-14-13/h5-8,11-12,15H,1-4H2. The topological polar surface area (TPSA) is 41.8 Å². The fraction of sp³-hybridized carbons (Fsp3) is 0.462. The number of phenols is 1. The Hall–Kier alpha value is -1.51. The van der Waals surface area contributed by atoms with Crippen LogP contribution in [0.25, 0.3) is 0 Å². The van der Waals surface area contributed by atoms with E-state index in [-0.39, 0.29) is 6.10 Å². The van der Waals surface area contributed by atoms with Gasteiger partial charge in [-0.1, -0.05) is 11.6 Å². The summed E-state index contributed by atoms with van der Waals surface area (Å²) in [7, 11) is 0. The molecule has 1 N–H and O–H groups in total. The molecule has 1 aliphatic carbocycles. The van der Waals surface area contributed by atoms with E-state index >= 15 is 0 Å². The van der Waals surface area contributed by atoms with Crippen molar-refractivity contribution in [3.8, 4) is 5.75 Å². The first-order valence-corrected chi connectivity index (χ1v) is 5.88. The Balaban J connectivity index is 1.87. The summed E-state index contributed by atoms with van der Waals surface area (Å²) in [6.45, 7) is 0. The van der Waals surface area contributed by atoms with Gasteiger partial charge in [-0.2, -0.15) is 0 Å². The van der Waals surface area contributed by atoms with Crippen molar-refractivity contribution in [3.63, 3.8) is 0 Å². The number of fused-ring (bicyclic) bond motifs is 1. The van der Waals surface area contributed by atoms with Crippen molar-refractivity contribution < 1.29 is 9.94 Å². The van der Waals surface area contributed by atoms with Gasteiger partial charge in [0, 0.05) is 5.92 Å². The second-order valence-corrected chi connectivity index (χ2v) is 4.56. The largest absolute Gasteiger partial charge is 0.508 e. The zero-order valence-corrected chi connectivity index (χ0v) is 9.10. The van der Waals surface area contributed by atoms with Crippen molar-refractivity contribution in [2.45, 2.75) is 31.8 Å². The molecule has 0 saturated heterocycles. The van der Waals surface area contributed by atoms with E-state index in [4.69, 9.17) is 4.84 Å². The predicted molar refractivity (Wildman–Crippen MR) is 61.5 cm³/mol. The molecule has 0 aromatic heterocycles. The van der Waals surface area contributed by atoms with Gasteiger partial charge in [0.1, 0.15) is 11.9 Å². The van der Waals surface area contributed by atoms with Gasteiger partial charge in [0.15, 0.2) is 0 Å². The summed E-state index contributed by atoms with van der Waals surface area (Å²) < 4.78 is 0. The number of hydrogen-bond donors (Lipinski definition) is 1. The lowest BCUT2D eigenvalue weighted by molar-refractivity contribution is 0.0397. The van der Waals surface area contributed by atoms with Crippen LogP contribution >= 0.6 is 0 Å². The summed E-state index contributed by atoms with van der Waals surface area (Å²) in [6.07, 6.45) is 5.10. The smallest absolute Gasteiger partial charge is 0.136 e. The Bertz CT molecular complexity index is 410. The van der Waals surface area contributed by atoms with Crippen molar-refractivity contribution in [1.29, 1.82) is 0 Å². The van der Waals surface area contributed by atoms with Crippen molar-refractivity contribution >= 4 is 5.71 Å². The Labute approximate surface area is 94.7 Å². The summed E-state index contributed by atoms with van der Waals surface area (Å²) in [4.78, 5) is 5.48. The molecule has 1 aliphatic heterocycles. The van der Waals surface area contributed by atoms with Crippen LogP contribution in [0.1, 0.15) is 31.2 Å². The molecule has 1 fully saturated rings. The van der Waals surface area contributed by atoms with Gasteiger partial charge in [0.05, 0.1) is 5.71 Å². The molecular weight excluding hydrogens is 202 g/mol. The minimum absolute atomic E-state index is 0.289. The molecule has 3 rings (SSSR count). The molecule has 1 heterocycles. The van der Waals surface area contributed by atoms with E-state index in [9.17, 15) is 5.11 Å². The molecule has 16 heavy (non-hydrogen) atoms. The van der Waals surface area contributed by atoms with E-state index < -0.39 is 0 Å². The lowest BCUT2D eigenvalue weighted by atomic mass is 9.82. The van der Waals surface area contributed by atoms with Gasteiger partial charge in [-0.05, 0) is 49.1 Å². The minimum Gasteiger partial charge on any atom is -0.508 e. The molecule has 0 spiro atoms. The highest BCUT2D eigenvalue weighted by molar-refractivity contribution is 6.03. The molecule has 84 valence electrons. The number of phenolic OH excluding ortho intramolecular Hbond substituents is 1. The van der Waals surface area contributed by atoms with Crippen LogP contribution in [0.15, 0.2) is 29.4 Å². The molecule has 0 radical (unpaired) electrons. The second-order valence-electron chi connectivity index (χ2n) is 4.56. The Kier molecular flexibility index (Phi) is 2.31. The maximum atomic E-state index is 9.26. The van der Waals surface area contributed by atoms with Crippen molar-refractivity contribution in [2.75, 3.05) is 0 Å². The third kappa shape index (κ3) is 1.56. The average Bonchev–Trinajstić information content (AvgIpc) is 2.74. The summed E-state index contributed by atoms with van der Waals surface area (Å²) in [6, 6.07) is 7.23. The average molecular weight is 217 g/mol. The monoisotopic (exact) mass is 217 g/mol. The first-order chi connectivity index (χ1) is 7.84. The van der Waals surface area contributed by atoms with Gasteiger partial charge in [0.2, 0.25) is 0 Å². The number of hydrogen-bond acceptors (Lipinski definition) is 3. The first kappa shape index (κ1) is 9.70. The van der Waals surface area contributed by atoms with Gasteiger partial charge in [0.25, 0.3) is 0 Å². The van der Waals surface area contributed by atoms with Crippen LogP contribution in [0.3, 0.4) is 0 Å². The van der Waals surface area contributed by atoms with Crippen LogP contribution < -0.4 is 0 Å². The third-order valence-corrected chi connectivity index (χ3v) is 3.50. The van der Waals surface area contributed by atoms with Crippen LogP contribution in [-0.4, -0.2) is 16.9 Å². The quantitative estimate of drug-likeness (QED) is 0.785. The van der Waals surface area contributed by atoms with Gasteiger partial charge in [-0.15, -0.1) is 0 Å². The molecule has 3 heteroatoms. The van der Waals surface area contributed by atoms with Gasteiger partial charge in [-0.25, -0.2) is 0 Å². The number of rotatable bonds is 1. The zero-order valence-electron chi connectivity index (χ0n) is 9.10. The van der Waals surface area contributed by atoms with Crippen LogP contribution in [-0.2, 0) is 4.84 Å². The van der Waals surface area contributed by atoms with E-state index in [0.29, 0.717) is 11.7 Å². The SMILES string of the molecule is Oc1ccc(C2=NOC3CCCCC23)cc1. The third-order valence-electron chi connectivity index (χ3n) is 3.50. The lowest BCUT2D eigenvalue weighted by Gasteiger charge is -2.23. The molecular formula is C13H15NO2. The van der Waals surface area contributed by atoms with Crippen molar-refractivity contribution in [3.05, 3.63) is 29.8 Å². The molecule has 0 amide bonds. The summed E-state index contributed by atoms with van der Waals surface area (Å²) >= 11 is 0. The summed E-state index contributed by atoms with van der Waals surface area (Å²) in [5.74, 6) is 0.752. The number of oxime groups is 1. The number of benzene rings is 1. The summed E-state index contributed by atoms with van der Waals surface area (Å²) in [5, 5.41) is 13.5. The van der Waals surface area contributed by atoms with E-state index in [1.165, 1.54) is 19.3 Å². The fourth-order valence-electron chi connectivity index (χ4n) is 2.63. The molecule has 2 atom stereocenters. The van der Waals surface area contributed by atoms with Crippen LogP contribution in [0.4, 0.5) is 0 Å². The lowest BCUT2D eigenvalue weighted by Crippen LogP contribution is -2.27.